The summed E-state index contributed by atoms with van der Waals surface area (Å²) in [5.41, 5.74) is 2.05. The average Bonchev–Trinajstić information content (AvgIpc) is 3.07. The number of carbonyl (C=O) groups is 3. The minimum atomic E-state index is -0.781. The Morgan fingerprint density at radius 3 is 2.70 bits per heavy atom. The van der Waals surface area contributed by atoms with Crippen LogP contribution in [0.25, 0.3) is 0 Å². The van der Waals surface area contributed by atoms with Gasteiger partial charge in [-0.1, -0.05) is 0 Å². The third-order valence-corrected chi connectivity index (χ3v) is 4.29. The number of hydrogen-bond donors (Lipinski definition) is 1. The largest absolute Gasteiger partial charge is 0.449 e. The number of carbonyl (C=O) groups excluding carboxylic acids is 3. The number of anilines is 1. The van der Waals surface area contributed by atoms with Crippen LogP contribution in [0, 0.1) is 0 Å². The second-order valence-corrected chi connectivity index (χ2v) is 6.00. The van der Waals surface area contributed by atoms with Gasteiger partial charge in [0.05, 0.1) is 5.56 Å². The highest BCUT2D eigenvalue weighted by Gasteiger charge is 2.26. The number of amides is 2. The van der Waals surface area contributed by atoms with E-state index in [2.05, 4.69) is 5.32 Å². The first-order valence-corrected chi connectivity index (χ1v) is 7.97. The summed E-state index contributed by atoms with van der Waals surface area (Å²) >= 11 is 0. The predicted molar refractivity (Wildman–Crippen MR) is 84.1 cm³/mol. The van der Waals surface area contributed by atoms with Crippen molar-refractivity contribution >= 4 is 23.5 Å². The quantitative estimate of drug-likeness (QED) is 0.862. The first-order valence-electron chi connectivity index (χ1n) is 7.97. The van der Waals surface area contributed by atoms with Crippen molar-refractivity contribution in [1.29, 1.82) is 0 Å². The Morgan fingerprint density at radius 1 is 1.22 bits per heavy atom. The van der Waals surface area contributed by atoms with Gasteiger partial charge in [0, 0.05) is 25.2 Å². The van der Waals surface area contributed by atoms with Gasteiger partial charge in [-0.2, -0.15) is 0 Å². The molecule has 1 saturated heterocycles. The molecule has 6 nitrogen and oxygen atoms in total. The fourth-order valence-electron chi connectivity index (χ4n) is 2.98. The van der Waals surface area contributed by atoms with E-state index >= 15 is 0 Å². The van der Waals surface area contributed by atoms with Crippen LogP contribution in [-0.2, 0) is 20.7 Å². The van der Waals surface area contributed by atoms with Gasteiger partial charge in [0.25, 0.3) is 5.91 Å². The number of hydrogen-bond acceptors (Lipinski definition) is 4. The van der Waals surface area contributed by atoms with Crippen molar-refractivity contribution in [3.63, 3.8) is 0 Å². The molecule has 0 spiro atoms. The van der Waals surface area contributed by atoms with Gasteiger partial charge in [0.1, 0.15) is 0 Å². The van der Waals surface area contributed by atoms with Crippen molar-refractivity contribution in [3.05, 3.63) is 29.3 Å². The van der Waals surface area contributed by atoms with E-state index in [-0.39, 0.29) is 11.8 Å². The average molecular weight is 316 g/mol. The maximum absolute atomic E-state index is 12.2. The van der Waals surface area contributed by atoms with Crippen molar-refractivity contribution in [2.24, 2.45) is 0 Å². The highest BCUT2D eigenvalue weighted by molar-refractivity contribution is 5.96. The highest BCUT2D eigenvalue weighted by atomic mass is 16.5. The number of likely N-dealkylation sites (tertiary alicyclic amines) is 1. The zero-order valence-corrected chi connectivity index (χ0v) is 13.1. The van der Waals surface area contributed by atoms with Crippen LogP contribution in [0.2, 0.25) is 0 Å². The Balaban J connectivity index is 1.66. The normalized spacial score (nSPS) is 18.1. The lowest BCUT2D eigenvalue weighted by Crippen LogP contribution is -2.38. The number of benzene rings is 1. The van der Waals surface area contributed by atoms with Crippen molar-refractivity contribution in [2.45, 2.75) is 38.7 Å². The van der Waals surface area contributed by atoms with Crippen molar-refractivity contribution in [2.75, 3.05) is 18.4 Å². The van der Waals surface area contributed by atoms with Gasteiger partial charge in [-0.25, -0.2) is 4.79 Å². The number of nitrogens with zero attached hydrogens (tertiary/aromatic N) is 1. The maximum Gasteiger partial charge on any atom is 0.338 e. The van der Waals surface area contributed by atoms with Gasteiger partial charge in [0.2, 0.25) is 5.91 Å². The standard InChI is InChI=1S/C17H20N2O4/c1-11(16(21)19-8-2-3-9-19)23-17(22)13-4-6-14-12(10-13)5-7-15(20)18-14/h4,6,10-11H,2-3,5,7-9H2,1H3,(H,18,20)/t11-/m1/s1. The van der Waals surface area contributed by atoms with Crippen LogP contribution in [0.1, 0.15) is 42.1 Å². The van der Waals surface area contributed by atoms with E-state index in [0.29, 0.717) is 18.4 Å². The molecular weight excluding hydrogens is 296 g/mol. The van der Waals surface area contributed by atoms with Crippen LogP contribution in [0.5, 0.6) is 0 Å². The Labute approximate surface area is 134 Å². The topological polar surface area (TPSA) is 75.7 Å². The van der Waals surface area contributed by atoms with Gasteiger partial charge in [-0.15, -0.1) is 0 Å². The fraction of sp³-hybridized carbons (Fsp3) is 0.471. The van der Waals surface area contributed by atoms with Gasteiger partial charge in [-0.05, 0) is 49.9 Å². The van der Waals surface area contributed by atoms with Crippen molar-refractivity contribution in [1.82, 2.24) is 4.90 Å². The molecule has 2 aliphatic rings. The van der Waals surface area contributed by atoms with Crippen LogP contribution in [0.15, 0.2) is 18.2 Å². The number of fused-ring (bicyclic) bond motifs is 1. The third-order valence-electron chi connectivity index (χ3n) is 4.29. The summed E-state index contributed by atoms with van der Waals surface area (Å²) in [6, 6.07) is 5.04. The number of rotatable bonds is 3. The molecular formula is C17H20N2O4. The first kappa shape index (κ1) is 15.5. The number of aryl methyl sites for hydroxylation is 1. The molecule has 6 heteroatoms. The Morgan fingerprint density at radius 2 is 1.96 bits per heavy atom. The van der Waals surface area contributed by atoms with E-state index in [9.17, 15) is 14.4 Å². The lowest BCUT2D eigenvalue weighted by atomic mass is 10.0. The van der Waals surface area contributed by atoms with E-state index < -0.39 is 12.1 Å². The molecule has 122 valence electrons. The Kier molecular flexibility index (Phi) is 4.32. The van der Waals surface area contributed by atoms with Gasteiger partial charge in [0.15, 0.2) is 6.10 Å². The molecule has 2 amide bonds. The Hall–Kier alpha value is -2.37. The maximum atomic E-state index is 12.2. The molecule has 0 bridgehead atoms. The lowest BCUT2D eigenvalue weighted by molar-refractivity contribution is -0.138. The summed E-state index contributed by atoms with van der Waals surface area (Å²) in [6.07, 6.45) is 2.24. The van der Waals surface area contributed by atoms with Crippen molar-refractivity contribution in [3.8, 4) is 0 Å². The molecule has 1 atom stereocenters. The van der Waals surface area contributed by atoms with Crippen LogP contribution in [0.3, 0.4) is 0 Å². The van der Waals surface area contributed by atoms with Crippen LogP contribution in [0.4, 0.5) is 5.69 Å². The number of nitrogens with one attached hydrogen (secondary N) is 1. The second-order valence-electron chi connectivity index (χ2n) is 6.00. The lowest BCUT2D eigenvalue weighted by Gasteiger charge is -2.21. The summed E-state index contributed by atoms with van der Waals surface area (Å²) in [7, 11) is 0. The molecule has 1 aromatic rings. The molecule has 2 aliphatic heterocycles. The van der Waals surface area contributed by atoms with E-state index in [4.69, 9.17) is 4.74 Å². The SMILES string of the molecule is C[C@@H](OC(=O)c1ccc2c(c1)CCC(=O)N2)C(=O)N1CCCC1. The molecule has 0 saturated carbocycles. The minimum absolute atomic E-state index is 0.0161. The van der Waals surface area contributed by atoms with E-state index in [1.807, 2.05) is 0 Å². The molecule has 0 radical (unpaired) electrons. The zero-order valence-electron chi connectivity index (χ0n) is 13.1. The third kappa shape index (κ3) is 3.36. The molecule has 0 unspecified atom stereocenters. The van der Waals surface area contributed by atoms with Gasteiger partial charge >= 0.3 is 5.97 Å². The van der Waals surface area contributed by atoms with E-state index in [0.717, 1.165) is 37.2 Å². The molecule has 23 heavy (non-hydrogen) atoms. The summed E-state index contributed by atoms with van der Waals surface area (Å²) in [6.45, 7) is 3.08. The summed E-state index contributed by atoms with van der Waals surface area (Å²) in [5.74, 6) is -0.663. The predicted octanol–water partition coefficient (Wildman–Crippen LogP) is 1.74. The highest BCUT2D eigenvalue weighted by Crippen LogP contribution is 2.24. The zero-order chi connectivity index (χ0) is 16.4. The second kappa shape index (κ2) is 6.40. The Bertz CT molecular complexity index is 650. The van der Waals surface area contributed by atoms with Crippen LogP contribution >= 0.6 is 0 Å². The molecule has 2 heterocycles. The molecule has 3 rings (SSSR count). The smallest absolute Gasteiger partial charge is 0.338 e. The summed E-state index contributed by atoms with van der Waals surface area (Å²) in [4.78, 5) is 37.5. The van der Waals surface area contributed by atoms with Crippen LogP contribution in [-0.4, -0.2) is 41.9 Å². The molecule has 1 fully saturated rings. The molecule has 1 aromatic carbocycles. The van der Waals surface area contributed by atoms with Gasteiger partial charge < -0.3 is 15.0 Å². The van der Waals surface area contributed by atoms with E-state index in [1.54, 1.807) is 30.0 Å². The monoisotopic (exact) mass is 316 g/mol. The molecule has 0 aliphatic carbocycles. The van der Waals surface area contributed by atoms with Crippen LogP contribution < -0.4 is 5.32 Å². The fourth-order valence-corrected chi connectivity index (χ4v) is 2.98. The molecule has 0 aromatic heterocycles. The van der Waals surface area contributed by atoms with Crippen molar-refractivity contribution < 1.29 is 19.1 Å². The summed E-state index contributed by atoms with van der Waals surface area (Å²) in [5, 5.41) is 2.77. The summed E-state index contributed by atoms with van der Waals surface area (Å²) < 4.78 is 5.31. The molecule has 1 N–H and O–H groups in total. The number of ether oxygens (including phenoxy) is 1. The minimum Gasteiger partial charge on any atom is -0.449 e. The first-order chi connectivity index (χ1) is 11.0. The number of esters is 1. The van der Waals surface area contributed by atoms with E-state index in [1.165, 1.54) is 0 Å². The van der Waals surface area contributed by atoms with Gasteiger partial charge in [-0.3, -0.25) is 9.59 Å².